The van der Waals surface area contributed by atoms with Crippen molar-refractivity contribution >= 4 is 15.9 Å². The molecule has 0 saturated heterocycles. The molecule has 1 heterocycles. The van der Waals surface area contributed by atoms with Gasteiger partial charge in [-0.05, 0) is 6.07 Å². The van der Waals surface area contributed by atoms with Gasteiger partial charge in [0.15, 0.2) is 0 Å². The van der Waals surface area contributed by atoms with E-state index in [0.717, 1.165) is 16.8 Å². The van der Waals surface area contributed by atoms with Gasteiger partial charge in [0, 0.05) is 23.5 Å². The van der Waals surface area contributed by atoms with Crippen LogP contribution in [-0.2, 0) is 12.4 Å². The Kier molecular flexibility index (Phi) is 3.19. The van der Waals surface area contributed by atoms with Crippen LogP contribution in [0.15, 0.2) is 41.2 Å². The highest BCUT2D eigenvalue weighted by Crippen LogP contribution is 2.16. The maximum absolute atomic E-state index is 11.7. The van der Waals surface area contributed by atoms with Gasteiger partial charge >= 0.3 is 0 Å². The first kappa shape index (κ1) is 11.1. The molecule has 0 spiro atoms. The van der Waals surface area contributed by atoms with Gasteiger partial charge in [-0.2, -0.15) is 5.10 Å². The smallest absolute Gasteiger partial charge is 0.267 e. The highest BCUT2D eigenvalue weighted by Gasteiger charge is 2.06. The summed E-state index contributed by atoms with van der Waals surface area (Å²) in [6.45, 7) is 0. The minimum Gasteiger partial charge on any atom is -0.267 e. The van der Waals surface area contributed by atoms with Crippen molar-refractivity contribution in [3.63, 3.8) is 0 Å². The summed E-state index contributed by atoms with van der Waals surface area (Å²) in [5.74, 6) is 0. The zero-order valence-corrected chi connectivity index (χ0v) is 10.4. The Balaban J connectivity index is 2.60. The third kappa shape index (κ3) is 2.07. The van der Waals surface area contributed by atoms with Gasteiger partial charge < -0.3 is 0 Å². The minimum absolute atomic E-state index is 0.0587. The molecule has 0 radical (unpaired) electrons. The van der Waals surface area contributed by atoms with E-state index in [9.17, 15) is 4.79 Å². The average molecular weight is 279 g/mol. The Hall–Kier alpha value is -1.42. The van der Waals surface area contributed by atoms with E-state index in [4.69, 9.17) is 0 Å². The molecule has 16 heavy (non-hydrogen) atoms. The van der Waals surface area contributed by atoms with Crippen LogP contribution >= 0.6 is 15.9 Å². The predicted octanol–water partition coefficient (Wildman–Crippen LogP) is 2.34. The van der Waals surface area contributed by atoms with Gasteiger partial charge in [0.05, 0.1) is 5.69 Å². The highest BCUT2D eigenvalue weighted by molar-refractivity contribution is 9.08. The molecule has 1 aromatic carbocycles. The SMILES string of the molecule is Cn1nc(-c2ccccc2)cc(CBr)c1=O. The monoisotopic (exact) mass is 278 g/mol. The van der Waals surface area contributed by atoms with Gasteiger partial charge in [-0.15, -0.1) is 0 Å². The minimum atomic E-state index is -0.0587. The largest absolute Gasteiger partial charge is 0.270 e. The van der Waals surface area contributed by atoms with Crippen LogP contribution in [0.5, 0.6) is 0 Å². The zero-order chi connectivity index (χ0) is 11.5. The van der Waals surface area contributed by atoms with Crippen LogP contribution in [0.2, 0.25) is 0 Å². The Morgan fingerprint density at radius 3 is 2.62 bits per heavy atom. The molecular formula is C12H11BrN2O. The summed E-state index contributed by atoms with van der Waals surface area (Å²) in [7, 11) is 1.67. The van der Waals surface area contributed by atoms with Crippen molar-refractivity contribution in [1.29, 1.82) is 0 Å². The molecule has 0 bridgehead atoms. The number of benzene rings is 1. The van der Waals surface area contributed by atoms with Crippen molar-refractivity contribution < 1.29 is 0 Å². The number of aromatic nitrogens is 2. The first-order chi connectivity index (χ1) is 7.72. The van der Waals surface area contributed by atoms with Crippen molar-refractivity contribution in [2.75, 3.05) is 0 Å². The highest BCUT2D eigenvalue weighted by atomic mass is 79.9. The molecule has 1 aromatic heterocycles. The number of hydrogen-bond donors (Lipinski definition) is 0. The van der Waals surface area contributed by atoms with Crippen LogP contribution in [0, 0.1) is 0 Å². The summed E-state index contributed by atoms with van der Waals surface area (Å²) in [6, 6.07) is 11.6. The van der Waals surface area contributed by atoms with E-state index in [2.05, 4.69) is 21.0 Å². The summed E-state index contributed by atoms with van der Waals surface area (Å²) in [4.78, 5) is 11.7. The molecular weight excluding hydrogens is 268 g/mol. The normalized spacial score (nSPS) is 10.4. The lowest BCUT2D eigenvalue weighted by Gasteiger charge is -2.05. The topological polar surface area (TPSA) is 34.9 Å². The van der Waals surface area contributed by atoms with Crippen LogP contribution in [0.3, 0.4) is 0 Å². The van der Waals surface area contributed by atoms with E-state index in [1.54, 1.807) is 7.05 Å². The quantitative estimate of drug-likeness (QED) is 0.791. The number of rotatable bonds is 2. The lowest BCUT2D eigenvalue weighted by atomic mass is 10.1. The molecule has 0 amide bonds. The van der Waals surface area contributed by atoms with Crippen molar-refractivity contribution in [3.05, 3.63) is 52.3 Å². The first-order valence-electron chi connectivity index (χ1n) is 4.91. The van der Waals surface area contributed by atoms with Crippen LogP contribution < -0.4 is 5.56 Å². The third-order valence-corrected chi connectivity index (χ3v) is 2.95. The van der Waals surface area contributed by atoms with Crippen molar-refractivity contribution in [2.24, 2.45) is 7.05 Å². The maximum atomic E-state index is 11.7. The van der Waals surface area contributed by atoms with Crippen molar-refractivity contribution in [3.8, 4) is 11.3 Å². The molecule has 4 heteroatoms. The second-order valence-electron chi connectivity index (χ2n) is 3.48. The fourth-order valence-corrected chi connectivity index (χ4v) is 1.92. The molecule has 0 atom stereocenters. The Morgan fingerprint density at radius 1 is 1.31 bits per heavy atom. The van der Waals surface area contributed by atoms with E-state index in [0.29, 0.717) is 5.33 Å². The number of nitrogens with zero attached hydrogens (tertiary/aromatic N) is 2. The fraction of sp³-hybridized carbons (Fsp3) is 0.167. The number of aryl methyl sites for hydroxylation is 1. The second kappa shape index (κ2) is 4.61. The Labute approximate surface area is 102 Å². The molecule has 82 valence electrons. The fourth-order valence-electron chi connectivity index (χ4n) is 1.52. The molecule has 2 rings (SSSR count). The number of alkyl halides is 1. The lowest BCUT2D eigenvalue weighted by molar-refractivity contribution is 0.704. The maximum Gasteiger partial charge on any atom is 0.270 e. The van der Waals surface area contributed by atoms with Gasteiger partial charge in [-0.1, -0.05) is 46.3 Å². The van der Waals surface area contributed by atoms with Gasteiger partial charge in [-0.3, -0.25) is 4.79 Å². The predicted molar refractivity (Wildman–Crippen MR) is 67.5 cm³/mol. The summed E-state index contributed by atoms with van der Waals surface area (Å²) < 4.78 is 1.37. The van der Waals surface area contributed by atoms with Gasteiger partial charge in [0.2, 0.25) is 0 Å². The summed E-state index contributed by atoms with van der Waals surface area (Å²) >= 11 is 3.31. The summed E-state index contributed by atoms with van der Waals surface area (Å²) in [6.07, 6.45) is 0. The van der Waals surface area contributed by atoms with Gasteiger partial charge in [0.1, 0.15) is 0 Å². The average Bonchev–Trinajstić information content (AvgIpc) is 2.33. The Bertz CT molecular complexity index is 549. The van der Waals surface area contributed by atoms with Crippen molar-refractivity contribution in [1.82, 2.24) is 9.78 Å². The van der Waals surface area contributed by atoms with E-state index in [1.807, 2.05) is 36.4 Å². The molecule has 0 unspecified atom stereocenters. The van der Waals surface area contributed by atoms with Gasteiger partial charge in [-0.25, -0.2) is 4.68 Å². The third-order valence-electron chi connectivity index (χ3n) is 2.35. The van der Waals surface area contributed by atoms with Crippen LogP contribution in [-0.4, -0.2) is 9.78 Å². The van der Waals surface area contributed by atoms with E-state index < -0.39 is 0 Å². The number of hydrogen-bond acceptors (Lipinski definition) is 2. The number of halogens is 1. The standard InChI is InChI=1S/C12H11BrN2O/c1-15-12(16)10(8-13)7-11(14-15)9-5-3-2-4-6-9/h2-7H,8H2,1H3. The molecule has 2 aromatic rings. The van der Waals surface area contributed by atoms with Crippen molar-refractivity contribution in [2.45, 2.75) is 5.33 Å². The lowest BCUT2D eigenvalue weighted by Crippen LogP contribution is -2.23. The molecule has 0 N–H and O–H groups in total. The second-order valence-corrected chi connectivity index (χ2v) is 4.04. The van der Waals surface area contributed by atoms with Crippen LogP contribution in [0.1, 0.15) is 5.56 Å². The van der Waals surface area contributed by atoms with E-state index in [1.165, 1.54) is 4.68 Å². The van der Waals surface area contributed by atoms with E-state index >= 15 is 0 Å². The molecule has 0 aliphatic carbocycles. The molecule has 3 nitrogen and oxygen atoms in total. The zero-order valence-electron chi connectivity index (χ0n) is 8.85. The van der Waals surface area contributed by atoms with E-state index in [-0.39, 0.29) is 5.56 Å². The molecule has 0 aliphatic rings. The molecule has 0 saturated carbocycles. The Morgan fingerprint density at radius 2 is 2.00 bits per heavy atom. The van der Waals surface area contributed by atoms with Crippen LogP contribution in [0.4, 0.5) is 0 Å². The van der Waals surface area contributed by atoms with Crippen LogP contribution in [0.25, 0.3) is 11.3 Å². The first-order valence-corrected chi connectivity index (χ1v) is 6.03. The molecule has 0 aliphatic heterocycles. The summed E-state index contributed by atoms with van der Waals surface area (Å²) in [5.41, 5.74) is 2.49. The summed E-state index contributed by atoms with van der Waals surface area (Å²) in [5, 5.41) is 4.78. The molecule has 0 fully saturated rings. The van der Waals surface area contributed by atoms with Gasteiger partial charge in [0.25, 0.3) is 5.56 Å².